The molecule has 0 fully saturated rings. The van der Waals surface area contributed by atoms with Gasteiger partial charge in [0.15, 0.2) is 0 Å². The number of nitrogens with one attached hydrogen (secondary N) is 2. The summed E-state index contributed by atoms with van der Waals surface area (Å²) in [7, 11) is 0. The number of unbranched alkanes of at least 4 members (excludes halogenated alkanes) is 3. The van der Waals surface area contributed by atoms with E-state index in [1.807, 2.05) is 100 Å². The first-order valence-corrected chi connectivity index (χ1v) is 17.4. The summed E-state index contributed by atoms with van der Waals surface area (Å²) in [5.74, 6) is -1.52. The smallest absolute Gasteiger partial charge is 0.349 e. The minimum Gasteiger partial charge on any atom is -0.462 e. The van der Waals surface area contributed by atoms with Gasteiger partial charge in [0.1, 0.15) is 35.4 Å². The lowest BCUT2D eigenvalue weighted by Crippen LogP contribution is -2.25. The molecule has 52 heavy (non-hydrogen) atoms. The van der Waals surface area contributed by atoms with E-state index in [0.717, 1.165) is 11.4 Å². The predicted molar refractivity (Wildman–Crippen MR) is 197 cm³/mol. The lowest BCUT2D eigenvalue weighted by Gasteiger charge is -2.34. The fraction of sp³-hybridized carbons (Fsp3) is 0.381. The molecule has 0 radical (unpaired) electrons. The van der Waals surface area contributed by atoms with Gasteiger partial charge in [-0.1, -0.05) is 64.1 Å². The molecular formula is C42H44N6O4. The molecule has 266 valence electrons. The van der Waals surface area contributed by atoms with Crippen LogP contribution in [0, 0.1) is 56.2 Å². The summed E-state index contributed by atoms with van der Waals surface area (Å²) in [4.78, 5) is 26.1. The van der Waals surface area contributed by atoms with Crippen molar-refractivity contribution in [3.8, 4) is 24.3 Å². The molecule has 2 aliphatic carbocycles. The van der Waals surface area contributed by atoms with Gasteiger partial charge < -0.3 is 20.1 Å². The predicted octanol–water partition coefficient (Wildman–Crippen LogP) is 8.69. The maximum Gasteiger partial charge on any atom is 0.349 e. The second kappa shape index (κ2) is 17.7. The van der Waals surface area contributed by atoms with Crippen molar-refractivity contribution in [2.24, 2.45) is 10.8 Å². The third kappa shape index (κ3) is 10.2. The number of carbonyl (C=O) groups is 2. The number of nitrogens with zero attached hydrogens (tertiary/aromatic N) is 4. The Labute approximate surface area is 306 Å². The Bertz CT molecular complexity index is 1820. The third-order valence-corrected chi connectivity index (χ3v) is 8.93. The monoisotopic (exact) mass is 696 g/mol. The van der Waals surface area contributed by atoms with E-state index < -0.39 is 11.9 Å². The molecule has 2 aliphatic rings. The molecule has 0 aromatic heterocycles. The van der Waals surface area contributed by atoms with Crippen LogP contribution in [0.25, 0.3) is 0 Å². The summed E-state index contributed by atoms with van der Waals surface area (Å²) in [6.07, 6.45) is 4.31. The van der Waals surface area contributed by atoms with Crippen LogP contribution in [0.5, 0.6) is 0 Å². The van der Waals surface area contributed by atoms with Crippen LogP contribution in [0.2, 0.25) is 0 Å². The van der Waals surface area contributed by atoms with Gasteiger partial charge in [0.25, 0.3) is 0 Å². The van der Waals surface area contributed by atoms with Crippen LogP contribution < -0.4 is 10.6 Å². The highest BCUT2D eigenvalue weighted by Crippen LogP contribution is 2.44. The molecule has 4 rings (SSSR count). The molecule has 2 N–H and O–H groups in total. The second-order valence-electron chi connectivity index (χ2n) is 14.6. The average Bonchev–Trinajstić information content (AvgIpc) is 3.10. The van der Waals surface area contributed by atoms with Crippen molar-refractivity contribution >= 4 is 23.3 Å². The van der Waals surface area contributed by atoms with Gasteiger partial charge >= 0.3 is 11.9 Å². The molecular weight excluding hydrogens is 652 g/mol. The number of rotatable bonds is 13. The molecule has 10 heteroatoms. The van der Waals surface area contributed by atoms with E-state index in [9.17, 15) is 30.6 Å². The standard InChI is InChI=1S/C42H44N6O4/c1-41(2)21-31(33(25-43)37(23-41)47-29-15-9-7-10-16-29)35(27-45)39(49)51-19-13-5-6-14-20-52-40(50)36(28-46)32-22-42(3,4)24-38(34(32)26-44)48-30-17-11-8-12-18-30/h7-12,15-18,47-48H,5-6,13-14,19-24H2,1-4H3/b35-31+,36-32+. The van der Waals surface area contributed by atoms with Crippen LogP contribution in [0.3, 0.4) is 0 Å². The number of anilines is 2. The van der Waals surface area contributed by atoms with Gasteiger partial charge in [-0.15, -0.1) is 0 Å². The van der Waals surface area contributed by atoms with Crippen LogP contribution in [0.15, 0.2) is 105 Å². The van der Waals surface area contributed by atoms with Crippen LogP contribution in [-0.2, 0) is 19.1 Å². The number of para-hydroxylation sites is 2. The van der Waals surface area contributed by atoms with Gasteiger partial charge in [-0.2, -0.15) is 21.0 Å². The number of hydrogen-bond acceptors (Lipinski definition) is 10. The van der Waals surface area contributed by atoms with E-state index in [-0.39, 0.29) is 46.3 Å². The number of benzene rings is 2. The van der Waals surface area contributed by atoms with Crippen molar-refractivity contribution < 1.29 is 19.1 Å². The molecule has 10 nitrogen and oxygen atoms in total. The Morgan fingerprint density at radius 3 is 1.29 bits per heavy atom. The molecule has 2 aromatic rings. The van der Waals surface area contributed by atoms with E-state index in [0.29, 0.717) is 73.9 Å². The molecule has 0 unspecified atom stereocenters. The number of nitriles is 4. The Morgan fingerprint density at radius 1 is 0.596 bits per heavy atom. The second-order valence-corrected chi connectivity index (χ2v) is 14.6. The van der Waals surface area contributed by atoms with Crippen molar-refractivity contribution in [1.29, 1.82) is 21.0 Å². The molecule has 0 saturated carbocycles. The highest BCUT2D eigenvalue weighted by molar-refractivity contribution is 5.96. The van der Waals surface area contributed by atoms with Gasteiger partial charge in [-0.05, 0) is 97.6 Å². The largest absolute Gasteiger partial charge is 0.462 e. The summed E-state index contributed by atoms with van der Waals surface area (Å²) in [5.41, 5.74) is 3.37. The van der Waals surface area contributed by atoms with E-state index in [4.69, 9.17) is 9.47 Å². The fourth-order valence-electron chi connectivity index (χ4n) is 6.56. The van der Waals surface area contributed by atoms with Gasteiger partial charge in [0.05, 0.1) is 24.4 Å². The zero-order valence-corrected chi connectivity index (χ0v) is 30.3. The van der Waals surface area contributed by atoms with Crippen molar-refractivity contribution in [1.82, 2.24) is 0 Å². The zero-order valence-electron chi connectivity index (χ0n) is 30.3. The minimum absolute atomic E-state index is 0.0876. The Morgan fingerprint density at radius 2 is 0.962 bits per heavy atom. The molecule has 0 atom stereocenters. The van der Waals surface area contributed by atoms with Gasteiger partial charge in [-0.3, -0.25) is 0 Å². The van der Waals surface area contributed by atoms with E-state index in [1.165, 1.54) is 0 Å². The maximum absolute atomic E-state index is 13.1. The molecule has 0 saturated heterocycles. The highest BCUT2D eigenvalue weighted by atomic mass is 16.5. The summed E-state index contributed by atoms with van der Waals surface area (Å²) in [5, 5.41) is 46.7. The van der Waals surface area contributed by atoms with Crippen molar-refractivity contribution in [3.05, 3.63) is 105 Å². The first-order valence-electron chi connectivity index (χ1n) is 17.4. The third-order valence-electron chi connectivity index (χ3n) is 8.93. The normalized spacial score (nSPS) is 18.1. The number of hydrogen-bond donors (Lipinski definition) is 2. The molecule has 0 aliphatic heterocycles. The summed E-state index contributed by atoms with van der Waals surface area (Å²) in [6, 6.07) is 27.3. The van der Waals surface area contributed by atoms with Crippen molar-refractivity contribution in [3.63, 3.8) is 0 Å². The fourth-order valence-corrected chi connectivity index (χ4v) is 6.56. The maximum atomic E-state index is 13.1. The average molecular weight is 697 g/mol. The molecule has 0 bridgehead atoms. The van der Waals surface area contributed by atoms with Crippen LogP contribution in [0.4, 0.5) is 11.4 Å². The topological polar surface area (TPSA) is 172 Å². The van der Waals surface area contributed by atoms with Crippen LogP contribution in [-0.4, -0.2) is 25.2 Å². The van der Waals surface area contributed by atoms with E-state index >= 15 is 0 Å². The number of esters is 2. The summed E-state index contributed by atoms with van der Waals surface area (Å²) in [6.45, 7) is 8.29. The number of allylic oxidation sites excluding steroid dienone is 6. The summed E-state index contributed by atoms with van der Waals surface area (Å²) >= 11 is 0. The van der Waals surface area contributed by atoms with Crippen LogP contribution >= 0.6 is 0 Å². The quantitative estimate of drug-likeness (QED) is 0.0893. The van der Waals surface area contributed by atoms with Gasteiger partial charge in [0.2, 0.25) is 0 Å². The van der Waals surface area contributed by atoms with Gasteiger partial charge in [0, 0.05) is 22.8 Å². The highest BCUT2D eigenvalue weighted by Gasteiger charge is 2.36. The SMILES string of the molecule is CC1(C)CC(Nc2ccccc2)=C(C#N)/C(=C(\C#N)C(=O)OCCCCCCOC(=O)/C(C#N)=C2\CC(C)(C)CC(Nc3ccccc3)=C2C#N)C1. The Kier molecular flexibility index (Phi) is 13.2. The molecule has 0 amide bonds. The van der Waals surface area contributed by atoms with Crippen LogP contribution in [0.1, 0.15) is 79.1 Å². The van der Waals surface area contributed by atoms with E-state index in [2.05, 4.69) is 22.8 Å². The number of carbonyl (C=O) groups excluding carboxylic acids is 2. The Hall–Kier alpha value is -6.10. The first kappa shape index (κ1) is 38.7. The van der Waals surface area contributed by atoms with E-state index in [1.54, 1.807) is 0 Å². The minimum atomic E-state index is -0.758. The Balaban J connectivity index is 1.31. The molecule has 2 aromatic carbocycles. The lowest BCUT2D eigenvalue weighted by atomic mass is 9.73. The number of ether oxygens (including phenoxy) is 2. The molecule has 0 spiro atoms. The zero-order chi connectivity index (χ0) is 37.7. The first-order chi connectivity index (χ1) is 24.9. The molecule has 0 heterocycles. The van der Waals surface area contributed by atoms with Crippen molar-refractivity contribution in [2.75, 3.05) is 23.8 Å². The van der Waals surface area contributed by atoms with Gasteiger partial charge in [-0.25, -0.2) is 9.59 Å². The summed E-state index contributed by atoms with van der Waals surface area (Å²) < 4.78 is 10.9. The van der Waals surface area contributed by atoms with Crippen molar-refractivity contribution in [2.45, 2.75) is 79.1 Å². The lowest BCUT2D eigenvalue weighted by molar-refractivity contribution is -0.140.